The third-order valence-corrected chi connectivity index (χ3v) is 4.70. The molecule has 0 N–H and O–H groups in total. The van der Waals surface area contributed by atoms with Crippen molar-refractivity contribution in [2.45, 2.75) is 28.9 Å². The third-order valence-electron chi connectivity index (χ3n) is 1.52. The van der Waals surface area contributed by atoms with Crippen LogP contribution in [0.4, 0.5) is 0 Å². The van der Waals surface area contributed by atoms with Crippen LogP contribution in [0, 0.1) is 6.92 Å². The Morgan fingerprint density at radius 3 is 2.79 bits per heavy atom. The Morgan fingerprint density at radius 2 is 2.21 bits per heavy atom. The van der Waals surface area contributed by atoms with E-state index in [1.165, 1.54) is 0 Å². The van der Waals surface area contributed by atoms with Gasteiger partial charge in [0.2, 0.25) is 0 Å². The molecule has 3 nitrogen and oxygen atoms in total. The minimum Gasteiger partial charge on any atom is -0.235 e. The van der Waals surface area contributed by atoms with Crippen molar-refractivity contribution in [2.75, 3.05) is 0 Å². The monoisotopic (exact) mass is 243 g/mol. The van der Waals surface area contributed by atoms with Gasteiger partial charge >= 0.3 is 0 Å². The van der Waals surface area contributed by atoms with E-state index in [-0.39, 0.29) is 0 Å². The first-order chi connectivity index (χ1) is 6.78. The summed E-state index contributed by atoms with van der Waals surface area (Å²) in [6, 6.07) is 0. The standard InChI is InChI=1S/C8H9N3S3/c1-3-6-10-11-8(13-6)14-7-9-5(2)4-12-7/h4H,3H2,1-2H3. The van der Waals surface area contributed by atoms with E-state index in [4.69, 9.17) is 0 Å². The summed E-state index contributed by atoms with van der Waals surface area (Å²) in [5.41, 5.74) is 1.07. The van der Waals surface area contributed by atoms with Gasteiger partial charge in [-0.15, -0.1) is 21.5 Å². The van der Waals surface area contributed by atoms with Crippen LogP contribution in [0.1, 0.15) is 17.6 Å². The van der Waals surface area contributed by atoms with Crippen molar-refractivity contribution in [3.8, 4) is 0 Å². The number of aromatic nitrogens is 3. The predicted octanol–water partition coefficient (Wildman–Crippen LogP) is 3.02. The molecular formula is C8H9N3S3. The molecule has 2 rings (SSSR count). The Hall–Kier alpha value is -0.460. The fourth-order valence-corrected chi connectivity index (χ4v) is 3.75. The number of thiazole rings is 1. The van der Waals surface area contributed by atoms with Crippen molar-refractivity contribution >= 4 is 34.4 Å². The van der Waals surface area contributed by atoms with Gasteiger partial charge in [-0.1, -0.05) is 18.3 Å². The first-order valence-electron chi connectivity index (χ1n) is 4.20. The molecule has 14 heavy (non-hydrogen) atoms. The highest BCUT2D eigenvalue weighted by Crippen LogP contribution is 2.32. The van der Waals surface area contributed by atoms with Crippen LogP contribution >= 0.6 is 34.4 Å². The zero-order chi connectivity index (χ0) is 9.97. The molecular weight excluding hydrogens is 234 g/mol. The van der Waals surface area contributed by atoms with Crippen molar-refractivity contribution in [3.05, 3.63) is 16.1 Å². The summed E-state index contributed by atoms with van der Waals surface area (Å²) < 4.78 is 2.03. The van der Waals surface area contributed by atoms with E-state index >= 15 is 0 Å². The maximum atomic E-state index is 4.36. The van der Waals surface area contributed by atoms with Crippen LogP contribution in [-0.4, -0.2) is 15.2 Å². The first kappa shape index (κ1) is 10.1. The van der Waals surface area contributed by atoms with Crippen LogP contribution in [0.5, 0.6) is 0 Å². The molecule has 6 heteroatoms. The fourth-order valence-electron chi connectivity index (χ4n) is 0.876. The van der Waals surface area contributed by atoms with E-state index in [1.54, 1.807) is 34.4 Å². The summed E-state index contributed by atoms with van der Waals surface area (Å²) in [7, 11) is 0. The minimum absolute atomic E-state index is 0.953. The Balaban J connectivity index is 2.10. The Bertz CT molecular complexity index is 421. The van der Waals surface area contributed by atoms with Gasteiger partial charge in [-0.3, -0.25) is 0 Å². The molecule has 0 unspecified atom stereocenters. The average molecular weight is 243 g/mol. The topological polar surface area (TPSA) is 38.7 Å². The molecule has 0 aliphatic carbocycles. The normalized spacial score (nSPS) is 10.7. The highest BCUT2D eigenvalue weighted by Gasteiger charge is 2.06. The van der Waals surface area contributed by atoms with Crippen LogP contribution in [0.2, 0.25) is 0 Å². The molecule has 0 spiro atoms. The molecule has 0 aromatic carbocycles. The van der Waals surface area contributed by atoms with E-state index < -0.39 is 0 Å². The molecule has 0 aliphatic rings. The van der Waals surface area contributed by atoms with Gasteiger partial charge in [0.15, 0.2) is 8.68 Å². The quantitative estimate of drug-likeness (QED) is 0.830. The molecule has 0 saturated carbocycles. The minimum atomic E-state index is 0.953. The molecule has 2 aromatic rings. The van der Waals surface area contributed by atoms with Gasteiger partial charge in [-0.25, -0.2) is 4.98 Å². The second kappa shape index (κ2) is 4.37. The first-order valence-corrected chi connectivity index (χ1v) is 6.71. The van der Waals surface area contributed by atoms with Gasteiger partial charge in [0.25, 0.3) is 0 Å². The smallest absolute Gasteiger partial charge is 0.181 e. The molecule has 0 radical (unpaired) electrons. The van der Waals surface area contributed by atoms with Gasteiger partial charge in [0.1, 0.15) is 5.01 Å². The van der Waals surface area contributed by atoms with Crippen molar-refractivity contribution in [1.82, 2.24) is 15.2 Å². The molecule has 0 amide bonds. The maximum absolute atomic E-state index is 4.36. The summed E-state index contributed by atoms with van der Waals surface area (Å²) in [6.07, 6.45) is 0.953. The Labute approximate surface area is 94.6 Å². The number of aryl methyl sites for hydroxylation is 2. The van der Waals surface area contributed by atoms with Crippen LogP contribution in [0.25, 0.3) is 0 Å². The SMILES string of the molecule is CCc1nnc(Sc2nc(C)cs2)s1. The number of rotatable bonds is 3. The number of hydrogen-bond donors (Lipinski definition) is 0. The van der Waals surface area contributed by atoms with Crippen molar-refractivity contribution < 1.29 is 0 Å². The molecule has 0 aliphatic heterocycles. The van der Waals surface area contributed by atoms with Crippen LogP contribution in [0.3, 0.4) is 0 Å². The second-order valence-electron chi connectivity index (χ2n) is 2.67. The second-order valence-corrected chi connectivity index (χ2v) is 6.09. The van der Waals surface area contributed by atoms with E-state index in [2.05, 4.69) is 22.1 Å². The van der Waals surface area contributed by atoms with Crippen LogP contribution < -0.4 is 0 Å². The molecule has 74 valence electrons. The Morgan fingerprint density at radius 1 is 1.36 bits per heavy atom. The van der Waals surface area contributed by atoms with Crippen molar-refractivity contribution in [3.63, 3.8) is 0 Å². The highest BCUT2D eigenvalue weighted by molar-refractivity contribution is 8.02. The Kier molecular flexibility index (Phi) is 3.15. The zero-order valence-electron chi connectivity index (χ0n) is 7.85. The molecule has 0 bridgehead atoms. The largest absolute Gasteiger partial charge is 0.235 e. The highest BCUT2D eigenvalue weighted by atomic mass is 32.2. The van der Waals surface area contributed by atoms with Crippen molar-refractivity contribution in [2.24, 2.45) is 0 Å². The lowest BCUT2D eigenvalue weighted by molar-refractivity contribution is 0.943. The zero-order valence-corrected chi connectivity index (χ0v) is 10.3. The molecule has 0 atom stereocenters. The summed E-state index contributed by atoms with van der Waals surface area (Å²) in [5.74, 6) is 0. The summed E-state index contributed by atoms with van der Waals surface area (Å²) in [5, 5.41) is 11.3. The molecule has 0 fully saturated rings. The van der Waals surface area contributed by atoms with Gasteiger partial charge in [-0.2, -0.15) is 0 Å². The lowest BCUT2D eigenvalue weighted by atomic mass is 10.5. The number of hydrogen-bond acceptors (Lipinski definition) is 6. The fraction of sp³-hybridized carbons (Fsp3) is 0.375. The molecule has 2 heterocycles. The van der Waals surface area contributed by atoms with Crippen molar-refractivity contribution in [1.29, 1.82) is 0 Å². The van der Waals surface area contributed by atoms with E-state index in [0.717, 1.165) is 25.8 Å². The molecule has 0 saturated heterocycles. The van der Waals surface area contributed by atoms with Gasteiger partial charge in [0.05, 0.1) is 0 Å². The predicted molar refractivity (Wildman–Crippen MR) is 60.3 cm³/mol. The summed E-state index contributed by atoms with van der Waals surface area (Å²) in [4.78, 5) is 4.36. The van der Waals surface area contributed by atoms with Crippen LogP contribution in [0.15, 0.2) is 14.1 Å². The van der Waals surface area contributed by atoms with E-state index in [0.29, 0.717) is 0 Å². The maximum Gasteiger partial charge on any atom is 0.181 e. The van der Waals surface area contributed by atoms with E-state index in [9.17, 15) is 0 Å². The van der Waals surface area contributed by atoms with Gasteiger partial charge in [0, 0.05) is 11.1 Å². The van der Waals surface area contributed by atoms with Gasteiger partial charge < -0.3 is 0 Å². The summed E-state index contributed by atoms with van der Waals surface area (Å²) >= 11 is 4.89. The third kappa shape index (κ3) is 2.31. The van der Waals surface area contributed by atoms with Crippen LogP contribution in [-0.2, 0) is 6.42 Å². The lowest BCUT2D eigenvalue weighted by Crippen LogP contribution is -1.75. The lowest BCUT2D eigenvalue weighted by Gasteiger charge is -1.86. The summed E-state index contributed by atoms with van der Waals surface area (Å²) in [6.45, 7) is 4.08. The average Bonchev–Trinajstić information content (AvgIpc) is 2.76. The van der Waals surface area contributed by atoms with Gasteiger partial charge in [-0.05, 0) is 25.1 Å². The molecule has 2 aromatic heterocycles. The number of nitrogens with zero attached hydrogens (tertiary/aromatic N) is 3. The van der Waals surface area contributed by atoms with E-state index in [1.807, 2.05) is 12.3 Å².